The van der Waals surface area contributed by atoms with E-state index in [1.807, 2.05) is 0 Å². The van der Waals surface area contributed by atoms with Crippen molar-refractivity contribution in [1.82, 2.24) is 10.1 Å². The van der Waals surface area contributed by atoms with Crippen molar-refractivity contribution in [3.8, 4) is 0 Å². The monoisotopic (exact) mass is 257 g/mol. The minimum absolute atomic E-state index is 0.0670. The number of rotatable bonds is 2. The minimum atomic E-state index is -0.0670. The van der Waals surface area contributed by atoms with E-state index in [1.165, 1.54) is 11.1 Å². The van der Waals surface area contributed by atoms with Gasteiger partial charge in [0, 0.05) is 11.5 Å². The zero-order valence-electron chi connectivity index (χ0n) is 11.6. The highest BCUT2D eigenvalue weighted by Gasteiger charge is 2.27. The Hall–Kier alpha value is -1.84. The van der Waals surface area contributed by atoms with Crippen LogP contribution >= 0.6 is 0 Å². The highest BCUT2D eigenvalue weighted by Crippen LogP contribution is 2.32. The van der Waals surface area contributed by atoms with Gasteiger partial charge < -0.3 is 9.84 Å². The molecule has 0 atom stereocenters. The molecule has 1 aliphatic rings. The lowest BCUT2D eigenvalue weighted by molar-refractivity contribution is 0.407. The Balaban J connectivity index is 1.75. The summed E-state index contributed by atoms with van der Waals surface area (Å²) in [4.78, 5) is 4.47. The number of nitrogens with zero attached hydrogens (tertiary/aromatic N) is 2. The molecule has 0 unspecified atom stereocenters. The van der Waals surface area contributed by atoms with Gasteiger partial charge in [-0.15, -0.1) is 0 Å². The first-order valence-electron chi connectivity index (χ1n) is 6.70. The van der Waals surface area contributed by atoms with Crippen molar-refractivity contribution in [1.29, 1.82) is 0 Å². The summed E-state index contributed by atoms with van der Waals surface area (Å²) in [6, 6.07) is 9.06. The summed E-state index contributed by atoms with van der Waals surface area (Å²) in [5.74, 6) is 1.15. The van der Waals surface area contributed by atoms with Crippen molar-refractivity contribution in [2.45, 2.75) is 45.1 Å². The van der Waals surface area contributed by atoms with Gasteiger partial charge in [0.25, 0.3) is 0 Å². The Morgan fingerprint density at radius 2 is 1.79 bits per heavy atom. The van der Waals surface area contributed by atoms with E-state index in [0.29, 0.717) is 11.9 Å². The highest BCUT2D eigenvalue weighted by molar-refractivity contribution is 5.35. The van der Waals surface area contributed by atoms with Gasteiger partial charge in [0.05, 0.1) is 0 Å². The van der Waals surface area contributed by atoms with E-state index in [-0.39, 0.29) is 5.54 Å². The maximum absolute atomic E-state index is 5.28. The van der Waals surface area contributed by atoms with Gasteiger partial charge in [0.2, 0.25) is 0 Å². The molecule has 0 aliphatic heterocycles. The molecule has 0 saturated heterocycles. The maximum atomic E-state index is 5.28. The second-order valence-electron chi connectivity index (χ2n) is 6.21. The van der Waals surface area contributed by atoms with Gasteiger partial charge in [-0.25, -0.2) is 0 Å². The van der Waals surface area contributed by atoms with Gasteiger partial charge in [-0.05, 0) is 44.7 Å². The van der Waals surface area contributed by atoms with Crippen LogP contribution in [0.1, 0.15) is 43.6 Å². The van der Waals surface area contributed by atoms with Crippen LogP contribution in [0.4, 0.5) is 6.01 Å². The molecule has 0 saturated carbocycles. The van der Waals surface area contributed by atoms with Crippen LogP contribution in [0.2, 0.25) is 0 Å². The second kappa shape index (κ2) is 4.37. The normalized spacial score (nSPS) is 15.5. The molecule has 1 N–H and O–H groups in total. The van der Waals surface area contributed by atoms with E-state index in [1.54, 1.807) is 0 Å². The molecule has 1 aliphatic carbocycles. The van der Waals surface area contributed by atoms with Crippen LogP contribution in [-0.4, -0.2) is 15.7 Å². The number of hydrogen-bond donors (Lipinski definition) is 1. The maximum Gasteiger partial charge on any atom is 0.321 e. The fraction of sp³-hybridized carbons (Fsp3) is 0.467. The summed E-state index contributed by atoms with van der Waals surface area (Å²) in [6.45, 7) is 6.22. The van der Waals surface area contributed by atoms with Crippen LogP contribution < -0.4 is 5.32 Å². The van der Waals surface area contributed by atoms with Gasteiger partial charge >= 0.3 is 6.01 Å². The molecule has 19 heavy (non-hydrogen) atoms. The van der Waals surface area contributed by atoms with Crippen molar-refractivity contribution in [3.63, 3.8) is 0 Å². The summed E-state index contributed by atoms with van der Waals surface area (Å²) >= 11 is 0. The predicted molar refractivity (Wildman–Crippen MR) is 74.3 cm³/mol. The molecular weight excluding hydrogens is 238 g/mol. The zero-order valence-corrected chi connectivity index (χ0v) is 11.6. The average molecular weight is 257 g/mol. The smallest absolute Gasteiger partial charge is 0.321 e. The number of hydrogen-bond acceptors (Lipinski definition) is 4. The molecule has 3 rings (SSSR count). The zero-order chi connectivity index (χ0) is 13.5. The fourth-order valence-corrected chi connectivity index (χ4v) is 2.51. The van der Waals surface area contributed by atoms with Crippen molar-refractivity contribution in [2.75, 3.05) is 5.32 Å². The van der Waals surface area contributed by atoms with E-state index < -0.39 is 0 Å². The molecule has 0 amide bonds. The lowest BCUT2D eigenvalue weighted by Crippen LogP contribution is -2.26. The molecule has 0 bridgehead atoms. The Morgan fingerprint density at radius 1 is 1.16 bits per heavy atom. The molecule has 4 heteroatoms. The van der Waals surface area contributed by atoms with Crippen molar-refractivity contribution in [3.05, 3.63) is 41.2 Å². The Morgan fingerprint density at radius 3 is 2.37 bits per heavy atom. The molecule has 1 aromatic carbocycles. The summed E-state index contributed by atoms with van der Waals surface area (Å²) in [5.41, 5.74) is 2.74. The van der Waals surface area contributed by atoms with E-state index >= 15 is 0 Å². The van der Waals surface area contributed by atoms with E-state index in [4.69, 9.17) is 4.52 Å². The largest absolute Gasteiger partial charge is 0.333 e. The highest BCUT2D eigenvalue weighted by atomic mass is 16.5. The molecular formula is C15H19N3O. The Labute approximate surface area is 113 Å². The van der Waals surface area contributed by atoms with Crippen LogP contribution in [0.5, 0.6) is 0 Å². The van der Waals surface area contributed by atoms with Crippen LogP contribution in [-0.2, 0) is 12.8 Å². The van der Waals surface area contributed by atoms with E-state index in [9.17, 15) is 0 Å². The number of fused-ring (bicyclic) bond motifs is 1. The lowest BCUT2D eigenvalue weighted by Gasteiger charge is -2.17. The predicted octanol–water partition coefficient (Wildman–Crippen LogP) is 3.16. The topological polar surface area (TPSA) is 51.0 Å². The molecule has 0 fully saturated rings. The number of aromatic nitrogens is 2. The number of anilines is 1. The summed E-state index contributed by atoms with van der Waals surface area (Å²) < 4.78 is 5.28. The summed E-state index contributed by atoms with van der Waals surface area (Å²) in [6.07, 6.45) is 2.01. The van der Waals surface area contributed by atoms with Crippen LogP contribution in [0.3, 0.4) is 0 Å². The van der Waals surface area contributed by atoms with Crippen molar-refractivity contribution < 1.29 is 4.52 Å². The molecule has 0 spiro atoms. The third kappa shape index (κ3) is 2.62. The first-order chi connectivity index (χ1) is 9.01. The van der Waals surface area contributed by atoms with Crippen LogP contribution in [0, 0.1) is 0 Å². The van der Waals surface area contributed by atoms with Crippen LogP contribution in [0.25, 0.3) is 0 Å². The van der Waals surface area contributed by atoms with E-state index in [0.717, 1.165) is 18.7 Å². The fourth-order valence-electron chi connectivity index (χ4n) is 2.51. The molecule has 0 radical (unpaired) electrons. The van der Waals surface area contributed by atoms with E-state index in [2.05, 4.69) is 60.5 Å². The average Bonchev–Trinajstić information content (AvgIpc) is 2.91. The Kier molecular flexibility index (Phi) is 2.81. The quantitative estimate of drug-likeness (QED) is 0.897. The number of nitrogens with one attached hydrogen (secondary N) is 1. The van der Waals surface area contributed by atoms with Crippen molar-refractivity contribution >= 4 is 6.01 Å². The summed E-state index contributed by atoms with van der Waals surface area (Å²) in [7, 11) is 0. The third-order valence-corrected chi connectivity index (χ3v) is 3.34. The van der Waals surface area contributed by atoms with Gasteiger partial charge in [-0.3, -0.25) is 0 Å². The molecule has 1 heterocycles. The number of benzene rings is 1. The van der Waals surface area contributed by atoms with Crippen LogP contribution in [0.15, 0.2) is 28.8 Å². The molecule has 100 valence electrons. The SMILES string of the molecule is CC(C)(C)Nc1nc(C2Cc3ccccc3C2)no1. The lowest BCUT2D eigenvalue weighted by atomic mass is 10.1. The van der Waals surface area contributed by atoms with Gasteiger partial charge in [0.15, 0.2) is 5.82 Å². The first-order valence-corrected chi connectivity index (χ1v) is 6.70. The molecule has 2 aromatic rings. The third-order valence-electron chi connectivity index (χ3n) is 3.34. The van der Waals surface area contributed by atoms with Crippen molar-refractivity contribution in [2.24, 2.45) is 0 Å². The Bertz CT molecular complexity index is 558. The minimum Gasteiger partial charge on any atom is -0.333 e. The van der Waals surface area contributed by atoms with Gasteiger partial charge in [0.1, 0.15) is 0 Å². The molecule has 4 nitrogen and oxygen atoms in total. The summed E-state index contributed by atoms with van der Waals surface area (Å²) in [5, 5.41) is 7.32. The van der Waals surface area contributed by atoms with Gasteiger partial charge in [-0.1, -0.05) is 29.4 Å². The first kappa shape index (κ1) is 12.2. The molecule has 1 aromatic heterocycles. The van der Waals surface area contributed by atoms with Gasteiger partial charge in [-0.2, -0.15) is 4.98 Å². The standard InChI is InChI=1S/C15H19N3O/c1-15(2,3)17-14-16-13(18-19-14)12-8-10-6-4-5-7-11(10)9-12/h4-7,12H,8-9H2,1-3H3,(H,16,17,18). The second-order valence-corrected chi connectivity index (χ2v) is 6.21.